The monoisotopic (exact) mass is 380 g/mol. The summed E-state index contributed by atoms with van der Waals surface area (Å²) in [6, 6.07) is 7.96. The fraction of sp³-hybridized carbons (Fsp3) is 0.250. The first-order valence-corrected chi connectivity index (χ1v) is 9.60. The first-order chi connectivity index (χ1) is 12.0. The summed E-state index contributed by atoms with van der Waals surface area (Å²) in [6.07, 6.45) is 3.43. The molecule has 0 spiro atoms. The van der Waals surface area contributed by atoms with Crippen LogP contribution >= 0.6 is 11.6 Å². The molecular formula is C16H14ClFN4O2S. The van der Waals surface area contributed by atoms with E-state index in [0.29, 0.717) is 18.2 Å². The molecule has 1 saturated carbocycles. The van der Waals surface area contributed by atoms with Crippen LogP contribution in [0.4, 0.5) is 15.8 Å². The Morgan fingerprint density at radius 3 is 2.80 bits per heavy atom. The molecule has 0 unspecified atom stereocenters. The van der Waals surface area contributed by atoms with Crippen LogP contribution in [0.5, 0.6) is 0 Å². The molecule has 1 aliphatic carbocycles. The number of hydrogen-bond acceptors (Lipinski definition) is 4. The molecule has 1 aromatic heterocycles. The van der Waals surface area contributed by atoms with Crippen molar-refractivity contribution >= 4 is 39.0 Å². The first-order valence-electron chi connectivity index (χ1n) is 7.74. The molecule has 130 valence electrons. The van der Waals surface area contributed by atoms with Crippen molar-refractivity contribution in [3.05, 3.63) is 47.5 Å². The molecule has 2 heterocycles. The summed E-state index contributed by atoms with van der Waals surface area (Å²) in [6.45, 7) is 0.502. The van der Waals surface area contributed by atoms with E-state index in [1.165, 1.54) is 23.2 Å². The number of sulfonamides is 1. The van der Waals surface area contributed by atoms with E-state index < -0.39 is 16.0 Å². The van der Waals surface area contributed by atoms with Gasteiger partial charge in [0.15, 0.2) is 0 Å². The van der Waals surface area contributed by atoms with Crippen LogP contribution in [-0.4, -0.2) is 25.9 Å². The molecule has 1 aromatic carbocycles. The van der Waals surface area contributed by atoms with Crippen LogP contribution in [0.1, 0.15) is 12.8 Å². The van der Waals surface area contributed by atoms with Gasteiger partial charge in [-0.1, -0.05) is 23.7 Å². The van der Waals surface area contributed by atoms with E-state index in [4.69, 9.17) is 11.6 Å². The molecule has 1 N–H and O–H groups in total. The number of para-hydroxylation sites is 1. The number of fused-ring (bicyclic) bond motifs is 1. The second kappa shape index (κ2) is 5.96. The lowest BCUT2D eigenvalue weighted by molar-refractivity contribution is 0.584. The average Bonchev–Trinajstić information content (AvgIpc) is 3.40. The molecule has 0 bridgehead atoms. The number of hydrogen-bond donors (Lipinski definition) is 1. The van der Waals surface area contributed by atoms with Gasteiger partial charge in [-0.3, -0.25) is 9.89 Å². The van der Waals surface area contributed by atoms with Crippen molar-refractivity contribution in [2.24, 2.45) is 10.9 Å². The molecular weight excluding hydrogens is 367 g/mol. The number of halogens is 2. The third-order valence-corrected chi connectivity index (χ3v) is 5.82. The van der Waals surface area contributed by atoms with Crippen LogP contribution in [0.3, 0.4) is 0 Å². The summed E-state index contributed by atoms with van der Waals surface area (Å²) in [7, 11) is -3.76. The first kappa shape index (κ1) is 16.3. The van der Waals surface area contributed by atoms with Crippen molar-refractivity contribution in [1.82, 2.24) is 9.71 Å². The van der Waals surface area contributed by atoms with Gasteiger partial charge < -0.3 is 0 Å². The molecule has 1 fully saturated rings. The highest BCUT2D eigenvalue weighted by atomic mass is 35.5. The summed E-state index contributed by atoms with van der Waals surface area (Å²) in [5.41, 5.74) is 0.641. The highest BCUT2D eigenvalue weighted by Crippen LogP contribution is 2.39. The van der Waals surface area contributed by atoms with Gasteiger partial charge in [-0.15, -0.1) is 0 Å². The number of pyridine rings is 1. The molecule has 25 heavy (non-hydrogen) atoms. The molecule has 0 radical (unpaired) electrons. The zero-order valence-corrected chi connectivity index (χ0v) is 14.6. The zero-order valence-electron chi connectivity index (χ0n) is 13.0. The maximum atomic E-state index is 13.9. The Labute approximate surface area is 149 Å². The number of nitrogens with zero attached hydrogens (tertiary/aromatic N) is 3. The molecule has 4 rings (SSSR count). The van der Waals surface area contributed by atoms with Crippen LogP contribution < -0.4 is 9.62 Å². The summed E-state index contributed by atoms with van der Waals surface area (Å²) < 4.78 is 41.4. The van der Waals surface area contributed by atoms with Gasteiger partial charge in [0.25, 0.3) is 10.0 Å². The van der Waals surface area contributed by atoms with Crippen molar-refractivity contribution in [2.45, 2.75) is 17.7 Å². The van der Waals surface area contributed by atoms with Crippen molar-refractivity contribution in [2.75, 3.05) is 11.4 Å². The van der Waals surface area contributed by atoms with Crippen LogP contribution in [-0.2, 0) is 10.0 Å². The Morgan fingerprint density at radius 2 is 2.04 bits per heavy atom. The van der Waals surface area contributed by atoms with Crippen molar-refractivity contribution in [1.29, 1.82) is 0 Å². The van der Waals surface area contributed by atoms with Crippen molar-refractivity contribution in [3.63, 3.8) is 0 Å². The number of nitrogens with one attached hydrogen (secondary N) is 1. The average molecular weight is 381 g/mol. The van der Waals surface area contributed by atoms with Crippen LogP contribution in [0.25, 0.3) is 0 Å². The molecule has 0 amide bonds. The van der Waals surface area contributed by atoms with E-state index in [0.717, 1.165) is 12.8 Å². The van der Waals surface area contributed by atoms with Crippen molar-refractivity contribution < 1.29 is 12.8 Å². The number of anilines is 2. The third kappa shape index (κ3) is 2.96. The highest BCUT2D eigenvalue weighted by Gasteiger charge is 2.35. The highest BCUT2D eigenvalue weighted by molar-refractivity contribution is 7.90. The van der Waals surface area contributed by atoms with Gasteiger partial charge in [-0.05, 0) is 37.0 Å². The Bertz CT molecular complexity index is 976. The Morgan fingerprint density at radius 1 is 1.28 bits per heavy atom. The maximum absolute atomic E-state index is 13.9. The molecule has 2 aromatic rings. The summed E-state index contributed by atoms with van der Waals surface area (Å²) in [4.78, 5) is 9.54. The second-order valence-electron chi connectivity index (χ2n) is 5.95. The van der Waals surface area contributed by atoms with Crippen molar-refractivity contribution in [3.8, 4) is 0 Å². The Balaban J connectivity index is 1.92. The Hall–Kier alpha value is -2.19. The van der Waals surface area contributed by atoms with Gasteiger partial charge >= 0.3 is 0 Å². The summed E-state index contributed by atoms with van der Waals surface area (Å²) in [5.74, 6) is -0.259. The number of rotatable bonds is 3. The SMILES string of the molecule is O=S1(=O)NC(=NCC2CC2)N(c2ccnc(F)c2Cl)c2ccccc21. The summed E-state index contributed by atoms with van der Waals surface area (Å²) in [5, 5.41) is -0.197. The second-order valence-corrected chi connectivity index (χ2v) is 7.98. The summed E-state index contributed by atoms with van der Waals surface area (Å²) >= 11 is 6.09. The molecule has 9 heteroatoms. The number of aliphatic imine (C=N–C) groups is 1. The quantitative estimate of drug-likeness (QED) is 0.830. The number of aromatic nitrogens is 1. The molecule has 1 aliphatic heterocycles. The van der Waals surface area contributed by atoms with Gasteiger partial charge in [-0.2, -0.15) is 4.39 Å². The minimum atomic E-state index is -3.76. The fourth-order valence-electron chi connectivity index (χ4n) is 2.65. The van der Waals surface area contributed by atoms with Gasteiger partial charge in [0.1, 0.15) is 9.92 Å². The lowest BCUT2D eigenvalue weighted by atomic mass is 10.2. The van der Waals surface area contributed by atoms with Crippen LogP contribution in [0.2, 0.25) is 5.02 Å². The van der Waals surface area contributed by atoms with Gasteiger partial charge in [-0.25, -0.2) is 18.1 Å². The molecule has 0 atom stereocenters. The normalized spacial score (nSPS) is 20.2. The minimum Gasteiger partial charge on any atom is -0.277 e. The molecule has 0 saturated heterocycles. The van der Waals surface area contributed by atoms with E-state index in [2.05, 4.69) is 14.7 Å². The van der Waals surface area contributed by atoms with Gasteiger partial charge in [0.2, 0.25) is 11.9 Å². The smallest absolute Gasteiger partial charge is 0.266 e. The number of guanidine groups is 1. The third-order valence-electron chi connectivity index (χ3n) is 4.10. The van der Waals surface area contributed by atoms with E-state index in [-0.39, 0.29) is 21.6 Å². The van der Waals surface area contributed by atoms with E-state index in [1.807, 2.05) is 0 Å². The van der Waals surface area contributed by atoms with E-state index in [9.17, 15) is 12.8 Å². The zero-order chi connectivity index (χ0) is 17.6. The van der Waals surface area contributed by atoms with Gasteiger partial charge in [0.05, 0.1) is 11.4 Å². The lowest BCUT2D eigenvalue weighted by Crippen LogP contribution is -2.47. The van der Waals surface area contributed by atoms with Gasteiger partial charge in [0, 0.05) is 12.7 Å². The maximum Gasteiger partial charge on any atom is 0.266 e. The number of benzene rings is 1. The fourth-order valence-corrected chi connectivity index (χ4v) is 4.04. The predicted octanol–water partition coefficient (Wildman–Crippen LogP) is 3.07. The predicted molar refractivity (Wildman–Crippen MR) is 93.1 cm³/mol. The van der Waals surface area contributed by atoms with E-state index >= 15 is 0 Å². The molecule has 2 aliphatic rings. The largest absolute Gasteiger partial charge is 0.277 e. The topological polar surface area (TPSA) is 74.7 Å². The standard InChI is InChI=1S/C16H14ClFN4O2S/c17-14-12(7-8-19-15(14)18)22-11-3-1-2-4-13(11)25(23,24)21-16(22)20-9-10-5-6-10/h1-4,7-8,10H,5-6,9H2,(H,20,21). The molecule has 6 nitrogen and oxygen atoms in total. The minimum absolute atomic E-state index is 0.0775. The van der Waals surface area contributed by atoms with Crippen LogP contribution in [0.15, 0.2) is 46.4 Å². The Kier molecular flexibility index (Phi) is 3.88. The lowest BCUT2D eigenvalue weighted by Gasteiger charge is -2.33. The van der Waals surface area contributed by atoms with E-state index in [1.54, 1.807) is 18.2 Å². The van der Waals surface area contributed by atoms with Crippen LogP contribution in [0, 0.1) is 11.9 Å².